The lowest BCUT2D eigenvalue weighted by molar-refractivity contribution is -0.123. The average Bonchev–Trinajstić information content (AvgIpc) is 3.68. The van der Waals surface area contributed by atoms with Crippen LogP contribution in [-0.4, -0.2) is 63.5 Å². The van der Waals surface area contributed by atoms with Gasteiger partial charge in [-0.3, -0.25) is 14.3 Å². The molecule has 5 aromatic rings. The van der Waals surface area contributed by atoms with E-state index in [9.17, 15) is 40.3 Å². The Morgan fingerprint density at radius 2 is 1.64 bits per heavy atom. The van der Waals surface area contributed by atoms with Crippen LogP contribution in [0.15, 0.2) is 42.5 Å². The first-order chi connectivity index (χ1) is 25.8. The Balaban J connectivity index is 1.48. The van der Waals surface area contributed by atoms with Gasteiger partial charge in [0.2, 0.25) is 5.91 Å². The number of ketones is 1. The van der Waals surface area contributed by atoms with Crippen molar-refractivity contribution in [1.29, 1.82) is 0 Å². The number of carbonyl (C=O) groups excluding carboxylic acids is 2. The van der Waals surface area contributed by atoms with Crippen molar-refractivity contribution >= 4 is 38.5 Å². The second kappa shape index (κ2) is 15.2. The maximum atomic E-state index is 15.1. The number of nitrogens with one attached hydrogen (secondary N) is 2. The summed E-state index contributed by atoms with van der Waals surface area (Å²) < 4.78 is 132. The number of amides is 1. The van der Waals surface area contributed by atoms with Crippen molar-refractivity contribution < 1.29 is 49.1 Å². The highest BCUT2D eigenvalue weighted by Crippen LogP contribution is 2.52. The molecule has 292 valence electrons. The molecule has 0 saturated heterocycles. The lowest BCUT2D eigenvalue weighted by Crippen LogP contribution is -2.37. The Morgan fingerprint density at radius 1 is 0.945 bits per heavy atom. The van der Waals surface area contributed by atoms with Gasteiger partial charge < -0.3 is 15.5 Å². The summed E-state index contributed by atoms with van der Waals surface area (Å²) in [6.07, 6.45) is -6.92. The smallest absolute Gasteiger partial charge is 0.290 e. The highest BCUT2D eigenvalue weighted by Gasteiger charge is 2.55. The van der Waals surface area contributed by atoms with Gasteiger partial charge in [-0.25, -0.2) is 40.7 Å². The van der Waals surface area contributed by atoms with E-state index in [2.05, 4.69) is 25.7 Å². The van der Waals surface area contributed by atoms with Crippen LogP contribution in [0.5, 0.6) is 0 Å². The Hall–Kier alpha value is -5.04. The van der Waals surface area contributed by atoms with Crippen LogP contribution < -0.4 is 10.6 Å². The van der Waals surface area contributed by atoms with E-state index < -0.39 is 96.2 Å². The maximum Gasteiger partial charge on any atom is 0.290 e. The van der Waals surface area contributed by atoms with Gasteiger partial charge in [-0.2, -0.15) is 13.9 Å². The van der Waals surface area contributed by atoms with E-state index in [1.165, 1.54) is 23.5 Å². The molecular weight excluding hydrogens is 765 g/mol. The second-order valence-corrected chi connectivity index (χ2v) is 14.4. The molecule has 55 heavy (non-hydrogen) atoms. The summed E-state index contributed by atoms with van der Waals surface area (Å²) in [5.74, 6) is -12.7. The third-order valence-corrected chi connectivity index (χ3v) is 9.83. The van der Waals surface area contributed by atoms with Crippen LogP contribution in [0.2, 0.25) is 0 Å². The van der Waals surface area contributed by atoms with Crippen LogP contribution in [0.1, 0.15) is 70.8 Å². The molecule has 0 fully saturated rings. The number of aromatic nitrogens is 4. The van der Waals surface area contributed by atoms with Gasteiger partial charge in [0, 0.05) is 37.6 Å². The quantitative estimate of drug-likeness (QED) is 0.0916. The summed E-state index contributed by atoms with van der Waals surface area (Å²) in [5, 5.41) is 9.47. The predicted molar refractivity (Wildman–Crippen MR) is 185 cm³/mol. The zero-order chi connectivity index (χ0) is 40.0. The van der Waals surface area contributed by atoms with Crippen molar-refractivity contribution in [3.05, 3.63) is 93.7 Å². The lowest BCUT2D eigenvalue weighted by atomic mass is 9.89. The standard InChI is InChI=1S/C36H32F9N7O2S/c1-17(53)22-13-19(4-5-24(22)39)23-15-26-33(49-34(55-26)46-8-9-51(2)3)48-29(23)25(12-18-10-20(37)14-21(38)11-18)47-27(54)16-52-31-28(30(50-52)32(40)41)35(42,43)6-7-36(31,44)45/h4-5,10-11,13-15,25,32H,6-9,12,16H2,1-3H3,(H,47,54)(H,46,48,49). The van der Waals surface area contributed by atoms with E-state index in [1.54, 1.807) is 6.07 Å². The zero-order valence-electron chi connectivity index (χ0n) is 29.3. The average molecular weight is 798 g/mol. The van der Waals surface area contributed by atoms with Crippen molar-refractivity contribution in [2.45, 2.75) is 57.0 Å². The number of thiazole rings is 1. The fourth-order valence-corrected chi connectivity index (χ4v) is 7.27. The molecule has 2 N–H and O–H groups in total. The molecule has 1 aliphatic rings. The van der Waals surface area contributed by atoms with E-state index in [0.29, 0.717) is 29.0 Å². The summed E-state index contributed by atoms with van der Waals surface area (Å²) in [6.45, 7) is 1.04. The van der Waals surface area contributed by atoms with Crippen molar-refractivity contribution in [2.24, 2.45) is 0 Å². The van der Waals surface area contributed by atoms with E-state index in [0.717, 1.165) is 25.1 Å². The molecule has 0 saturated carbocycles. The molecule has 3 aromatic heterocycles. The molecule has 0 spiro atoms. The first-order valence-corrected chi connectivity index (χ1v) is 17.6. The van der Waals surface area contributed by atoms with Gasteiger partial charge in [0.25, 0.3) is 18.3 Å². The predicted octanol–water partition coefficient (Wildman–Crippen LogP) is 8.16. The highest BCUT2D eigenvalue weighted by atomic mass is 32.1. The minimum atomic E-state index is -4.09. The minimum Gasteiger partial charge on any atom is -0.360 e. The Bertz CT molecular complexity index is 2260. The summed E-state index contributed by atoms with van der Waals surface area (Å²) in [5.41, 5.74) is -4.56. The van der Waals surface area contributed by atoms with Crippen LogP contribution >= 0.6 is 11.3 Å². The number of pyridine rings is 1. The molecule has 0 radical (unpaired) electrons. The molecule has 19 heteroatoms. The first kappa shape index (κ1) is 39.6. The van der Waals surface area contributed by atoms with Gasteiger partial charge in [-0.1, -0.05) is 17.4 Å². The first-order valence-electron chi connectivity index (χ1n) is 16.7. The number of rotatable bonds is 13. The molecule has 9 nitrogen and oxygen atoms in total. The van der Waals surface area contributed by atoms with Crippen LogP contribution in [0.25, 0.3) is 21.5 Å². The number of alkyl halides is 6. The Morgan fingerprint density at radius 3 is 2.29 bits per heavy atom. The largest absolute Gasteiger partial charge is 0.360 e. The fourth-order valence-electron chi connectivity index (χ4n) is 6.39. The lowest BCUT2D eigenvalue weighted by Gasteiger charge is -2.29. The Labute approximate surface area is 311 Å². The molecule has 0 aliphatic heterocycles. The third-order valence-electron chi connectivity index (χ3n) is 8.88. The number of hydrogen-bond donors (Lipinski definition) is 2. The zero-order valence-corrected chi connectivity index (χ0v) is 30.1. The van der Waals surface area contributed by atoms with Crippen LogP contribution in [0.3, 0.4) is 0 Å². The van der Waals surface area contributed by atoms with Crippen molar-refractivity contribution in [2.75, 3.05) is 32.5 Å². The number of halogens is 9. The number of Topliss-reactive ketones (excluding diaryl/α,β-unsaturated/α-hetero) is 1. The molecule has 1 unspecified atom stereocenters. The van der Waals surface area contributed by atoms with Crippen LogP contribution in [0.4, 0.5) is 44.6 Å². The number of benzene rings is 2. The van der Waals surface area contributed by atoms with Crippen molar-refractivity contribution in [3.8, 4) is 11.1 Å². The van der Waals surface area contributed by atoms with Gasteiger partial charge >= 0.3 is 0 Å². The fraction of sp³-hybridized carbons (Fsp3) is 0.361. The maximum absolute atomic E-state index is 15.1. The van der Waals surface area contributed by atoms with Gasteiger partial charge in [0.1, 0.15) is 35.4 Å². The number of nitrogens with zero attached hydrogens (tertiary/aromatic N) is 5. The number of anilines is 1. The monoisotopic (exact) mass is 797 g/mol. The topological polar surface area (TPSA) is 105 Å². The molecule has 3 heterocycles. The van der Waals surface area contributed by atoms with E-state index in [1.807, 2.05) is 19.0 Å². The van der Waals surface area contributed by atoms with E-state index in [4.69, 9.17) is 0 Å². The van der Waals surface area contributed by atoms with Gasteiger partial charge in [0.15, 0.2) is 16.6 Å². The summed E-state index contributed by atoms with van der Waals surface area (Å²) >= 11 is 1.20. The number of carbonyl (C=O) groups is 2. The van der Waals surface area contributed by atoms with Gasteiger partial charge in [0.05, 0.1) is 27.6 Å². The normalized spacial score (nSPS) is 15.4. The summed E-state index contributed by atoms with van der Waals surface area (Å²) in [7, 11) is 3.74. The SMILES string of the molecule is CC(=O)c1cc(-c2cc3sc(NCCN(C)C)nc3nc2C(Cc2cc(F)cc(F)c2)NC(=O)Cn2nc(C(F)F)c3c2C(F)(F)CCC3(F)F)ccc1F. The van der Waals surface area contributed by atoms with Crippen LogP contribution in [0, 0.1) is 17.5 Å². The third kappa shape index (κ3) is 8.46. The molecule has 6 rings (SSSR count). The van der Waals surface area contributed by atoms with E-state index >= 15 is 8.78 Å². The number of hydrogen-bond acceptors (Lipinski definition) is 8. The molecule has 1 aliphatic carbocycles. The molecule has 1 amide bonds. The van der Waals surface area contributed by atoms with E-state index in [-0.39, 0.29) is 38.3 Å². The number of fused-ring (bicyclic) bond motifs is 2. The van der Waals surface area contributed by atoms with Crippen LogP contribution in [-0.2, 0) is 29.6 Å². The molecule has 0 bridgehead atoms. The van der Waals surface area contributed by atoms with Crippen molar-refractivity contribution in [3.63, 3.8) is 0 Å². The van der Waals surface area contributed by atoms with Gasteiger partial charge in [-0.05, 0) is 68.9 Å². The molecule has 2 aromatic carbocycles. The second-order valence-electron chi connectivity index (χ2n) is 13.3. The minimum absolute atomic E-state index is 0.0221. The van der Waals surface area contributed by atoms with Crippen molar-refractivity contribution in [1.82, 2.24) is 30.0 Å². The highest BCUT2D eigenvalue weighted by molar-refractivity contribution is 7.22. The summed E-state index contributed by atoms with van der Waals surface area (Å²) in [6, 6.07) is 6.32. The molecular formula is C36H32F9N7O2S. The number of likely N-dealkylation sites (N-methyl/N-ethyl adjacent to an activating group) is 1. The van der Waals surface area contributed by atoms with Gasteiger partial charge in [-0.15, -0.1) is 0 Å². The summed E-state index contributed by atoms with van der Waals surface area (Å²) in [4.78, 5) is 37.2. The molecule has 1 atom stereocenters. The Kier molecular flexibility index (Phi) is 11.0.